The summed E-state index contributed by atoms with van der Waals surface area (Å²) in [6, 6.07) is 1.47. The number of fused-ring (bicyclic) bond motifs is 1. The highest BCUT2D eigenvalue weighted by molar-refractivity contribution is 7.99. The van der Waals surface area contributed by atoms with Crippen LogP contribution < -0.4 is 0 Å². The van der Waals surface area contributed by atoms with Gasteiger partial charge in [-0.3, -0.25) is 4.79 Å². The lowest BCUT2D eigenvalue weighted by molar-refractivity contribution is -0.137. The van der Waals surface area contributed by atoms with Crippen molar-refractivity contribution in [3.05, 3.63) is 17.3 Å². The van der Waals surface area contributed by atoms with Crippen LogP contribution in [0.5, 0.6) is 0 Å². The molecule has 10 heteroatoms. The Morgan fingerprint density at radius 2 is 2.19 bits per heavy atom. The van der Waals surface area contributed by atoms with Crippen LogP contribution in [0, 0.1) is 0 Å². The van der Waals surface area contributed by atoms with E-state index in [1.54, 1.807) is 0 Å². The van der Waals surface area contributed by atoms with Gasteiger partial charge in [0.15, 0.2) is 10.8 Å². The van der Waals surface area contributed by atoms with Crippen molar-refractivity contribution in [2.45, 2.75) is 24.3 Å². The third kappa shape index (κ3) is 4.24. The summed E-state index contributed by atoms with van der Waals surface area (Å²) in [4.78, 5) is 18.7. The minimum atomic E-state index is -4.32. The number of hydrogen-bond acceptors (Lipinski definition) is 4. The van der Waals surface area contributed by atoms with Gasteiger partial charge >= 0.3 is 12.1 Å². The molecule has 5 nitrogen and oxygen atoms in total. The minimum Gasteiger partial charge on any atom is -0.481 e. The summed E-state index contributed by atoms with van der Waals surface area (Å²) < 4.78 is 38.4. The van der Waals surface area contributed by atoms with E-state index in [-0.39, 0.29) is 23.1 Å². The van der Waals surface area contributed by atoms with Crippen molar-refractivity contribution >= 4 is 40.5 Å². The summed E-state index contributed by atoms with van der Waals surface area (Å²) >= 11 is 6.60. The molecule has 0 radical (unpaired) electrons. The molecule has 0 unspecified atom stereocenters. The van der Waals surface area contributed by atoms with E-state index in [1.165, 1.54) is 16.8 Å². The number of halogens is 4. The Kier molecular flexibility index (Phi) is 4.62. The molecule has 0 saturated carbocycles. The average Bonchev–Trinajstić information content (AvgIpc) is 2.69. The van der Waals surface area contributed by atoms with Crippen molar-refractivity contribution in [3.8, 4) is 0 Å². The Labute approximate surface area is 126 Å². The van der Waals surface area contributed by atoms with E-state index in [4.69, 9.17) is 16.7 Å². The van der Waals surface area contributed by atoms with E-state index in [0.717, 1.165) is 11.8 Å². The first-order valence-electron chi connectivity index (χ1n) is 5.69. The van der Waals surface area contributed by atoms with Gasteiger partial charge in [-0.2, -0.15) is 13.2 Å². The maximum absolute atomic E-state index is 12.4. The maximum atomic E-state index is 12.4. The van der Waals surface area contributed by atoms with Gasteiger partial charge in [-0.1, -0.05) is 23.4 Å². The van der Waals surface area contributed by atoms with Crippen LogP contribution in [-0.2, 0) is 11.3 Å². The van der Waals surface area contributed by atoms with Gasteiger partial charge in [0.05, 0.1) is 17.2 Å². The van der Waals surface area contributed by atoms with Gasteiger partial charge < -0.3 is 9.67 Å². The third-order valence-electron chi connectivity index (χ3n) is 2.46. The fraction of sp³-hybridized carbons (Fsp3) is 0.364. The van der Waals surface area contributed by atoms with Crippen molar-refractivity contribution in [3.63, 3.8) is 0 Å². The highest BCUT2D eigenvalue weighted by Gasteiger charge is 2.28. The van der Waals surface area contributed by atoms with Crippen LogP contribution >= 0.6 is 23.4 Å². The van der Waals surface area contributed by atoms with Crippen LogP contribution in [0.2, 0.25) is 5.02 Å². The molecule has 2 rings (SSSR count). The molecule has 2 heterocycles. The van der Waals surface area contributed by atoms with Crippen molar-refractivity contribution in [1.82, 2.24) is 14.5 Å². The first-order chi connectivity index (χ1) is 9.76. The number of aliphatic carboxylic acids is 1. The zero-order valence-corrected chi connectivity index (χ0v) is 12.0. The second kappa shape index (κ2) is 6.10. The van der Waals surface area contributed by atoms with Gasteiger partial charge in [0.1, 0.15) is 5.52 Å². The fourth-order valence-electron chi connectivity index (χ4n) is 1.64. The Morgan fingerprint density at radius 3 is 2.81 bits per heavy atom. The lowest BCUT2D eigenvalue weighted by Gasteiger charge is -2.09. The van der Waals surface area contributed by atoms with Crippen LogP contribution in [0.25, 0.3) is 11.2 Å². The zero-order chi connectivity index (χ0) is 15.6. The van der Waals surface area contributed by atoms with E-state index in [2.05, 4.69) is 9.97 Å². The SMILES string of the molecule is O=C(O)CSc1nc2cc(Cl)cnc2n1CCC(F)(F)F. The summed E-state index contributed by atoms with van der Waals surface area (Å²) in [7, 11) is 0. The summed E-state index contributed by atoms with van der Waals surface area (Å²) in [5, 5.41) is 9.15. The number of aryl methyl sites for hydroxylation is 1. The smallest absolute Gasteiger partial charge is 0.390 e. The molecule has 1 N–H and O–H groups in total. The van der Waals surface area contributed by atoms with Gasteiger partial charge in [0.25, 0.3) is 0 Å². The van der Waals surface area contributed by atoms with Gasteiger partial charge in [-0.25, -0.2) is 9.97 Å². The lowest BCUT2D eigenvalue weighted by Crippen LogP contribution is -2.13. The maximum Gasteiger partial charge on any atom is 0.390 e. The lowest BCUT2D eigenvalue weighted by atomic mass is 10.4. The van der Waals surface area contributed by atoms with Crippen LogP contribution in [0.1, 0.15) is 6.42 Å². The van der Waals surface area contributed by atoms with Crippen molar-refractivity contribution in [2.75, 3.05) is 5.75 Å². The summed E-state index contributed by atoms with van der Waals surface area (Å²) in [5.41, 5.74) is 0.578. The first-order valence-corrected chi connectivity index (χ1v) is 7.06. The van der Waals surface area contributed by atoms with Gasteiger partial charge in [-0.15, -0.1) is 0 Å². The van der Waals surface area contributed by atoms with Gasteiger partial charge in [-0.05, 0) is 6.07 Å². The number of pyridine rings is 1. The Balaban J connectivity index is 2.36. The number of imidazole rings is 1. The summed E-state index contributed by atoms with van der Waals surface area (Å²) in [6.45, 7) is -0.378. The van der Waals surface area contributed by atoms with Crippen molar-refractivity contribution in [2.24, 2.45) is 0 Å². The number of carboxylic acid groups (broad SMARTS) is 1. The molecule has 2 aromatic rings. The molecule has 0 aromatic carbocycles. The van der Waals surface area contributed by atoms with Crippen LogP contribution in [0.15, 0.2) is 17.4 Å². The average molecular weight is 340 g/mol. The van der Waals surface area contributed by atoms with E-state index >= 15 is 0 Å². The highest BCUT2D eigenvalue weighted by Crippen LogP contribution is 2.27. The Hall–Kier alpha value is -1.48. The van der Waals surface area contributed by atoms with E-state index in [9.17, 15) is 18.0 Å². The third-order valence-corrected chi connectivity index (χ3v) is 3.63. The minimum absolute atomic E-state index is 0.173. The van der Waals surface area contributed by atoms with E-state index in [1.807, 2.05) is 0 Å². The van der Waals surface area contributed by atoms with Gasteiger partial charge in [0.2, 0.25) is 0 Å². The molecule has 0 spiro atoms. The predicted molar refractivity (Wildman–Crippen MR) is 71.6 cm³/mol. The summed E-state index contributed by atoms with van der Waals surface area (Å²) in [5.74, 6) is -1.39. The normalized spacial score (nSPS) is 12.0. The molecule has 0 fully saturated rings. The molecule has 0 atom stereocenters. The van der Waals surface area contributed by atoms with Crippen LogP contribution in [0.4, 0.5) is 13.2 Å². The molecular weight excluding hydrogens is 331 g/mol. The van der Waals surface area contributed by atoms with E-state index in [0.29, 0.717) is 10.5 Å². The van der Waals surface area contributed by atoms with Crippen LogP contribution in [0.3, 0.4) is 0 Å². The van der Waals surface area contributed by atoms with Crippen molar-refractivity contribution < 1.29 is 23.1 Å². The molecule has 0 aliphatic carbocycles. The number of aromatic nitrogens is 3. The summed E-state index contributed by atoms with van der Waals surface area (Å²) in [6.07, 6.45) is -4.07. The first kappa shape index (κ1) is 15.9. The Morgan fingerprint density at radius 1 is 1.48 bits per heavy atom. The number of rotatable bonds is 5. The molecule has 2 aromatic heterocycles. The second-order valence-electron chi connectivity index (χ2n) is 4.09. The standard InChI is InChI=1S/C11H9ClF3N3O2S/c12-6-3-7-9(16-4-6)18(2-1-11(13,14)15)10(17-7)21-5-8(19)20/h3-4H,1-2,5H2,(H,19,20). The largest absolute Gasteiger partial charge is 0.481 e. The number of hydrogen-bond donors (Lipinski definition) is 1. The zero-order valence-electron chi connectivity index (χ0n) is 10.4. The number of thioether (sulfide) groups is 1. The molecule has 114 valence electrons. The number of carboxylic acids is 1. The molecule has 21 heavy (non-hydrogen) atoms. The number of alkyl halides is 3. The molecule has 0 aliphatic rings. The quantitative estimate of drug-likeness (QED) is 0.847. The topological polar surface area (TPSA) is 68.0 Å². The van der Waals surface area contributed by atoms with E-state index < -0.39 is 18.6 Å². The van der Waals surface area contributed by atoms with Crippen molar-refractivity contribution in [1.29, 1.82) is 0 Å². The monoisotopic (exact) mass is 339 g/mol. The molecule has 0 bridgehead atoms. The molecule has 0 amide bonds. The second-order valence-corrected chi connectivity index (χ2v) is 5.47. The predicted octanol–water partition coefficient (Wildman–Crippen LogP) is 3.21. The van der Waals surface area contributed by atoms with Gasteiger partial charge in [0, 0.05) is 12.7 Å². The number of nitrogens with zero attached hydrogens (tertiary/aromatic N) is 3. The molecular formula is C11H9ClF3N3O2S. The Bertz CT molecular complexity index is 675. The van der Waals surface area contributed by atoms with Crippen LogP contribution in [-0.4, -0.2) is 37.5 Å². The highest BCUT2D eigenvalue weighted by atomic mass is 35.5. The molecule has 0 saturated heterocycles. The fourth-order valence-corrected chi connectivity index (χ4v) is 2.54. The molecule has 0 aliphatic heterocycles. The number of carbonyl (C=O) groups is 1.